The first-order valence-corrected chi connectivity index (χ1v) is 6.82. The van der Waals surface area contributed by atoms with Gasteiger partial charge in [-0.1, -0.05) is 26.0 Å². The molecule has 0 aliphatic heterocycles. The molecule has 1 aromatic carbocycles. The largest absolute Gasteiger partial charge is 0.477 e. The molecule has 0 spiro atoms. The van der Waals surface area contributed by atoms with Crippen LogP contribution in [-0.2, 0) is 9.53 Å². The third-order valence-electron chi connectivity index (χ3n) is 2.58. The Balaban J connectivity index is 3.01. The summed E-state index contributed by atoms with van der Waals surface area (Å²) in [6.07, 6.45) is -2.02. The molecule has 0 aromatic heterocycles. The number of carbonyl (C=O) groups excluding carboxylic acids is 1. The van der Waals surface area contributed by atoms with Crippen molar-refractivity contribution in [3.63, 3.8) is 0 Å². The van der Waals surface area contributed by atoms with E-state index in [0.717, 1.165) is 0 Å². The van der Waals surface area contributed by atoms with Gasteiger partial charge in [0.25, 0.3) is 0 Å². The van der Waals surface area contributed by atoms with E-state index in [1.165, 1.54) is 19.9 Å². The van der Waals surface area contributed by atoms with Gasteiger partial charge in [-0.3, -0.25) is 0 Å². The number of carbonyl (C=O) groups is 2. The predicted molar refractivity (Wildman–Crippen MR) is 75.8 cm³/mol. The lowest BCUT2D eigenvalue weighted by Gasteiger charge is -2.26. The summed E-state index contributed by atoms with van der Waals surface area (Å²) in [5, 5.41) is 8.56. The van der Waals surface area contributed by atoms with Gasteiger partial charge in [0.1, 0.15) is 0 Å². The summed E-state index contributed by atoms with van der Waals surface area (Å²) in [4.78, 5) is 22.5. The fraction of sp³-hybridized carbons (Fsp3) is 0.385. The van der Waals surface area contributed by atoms with Gasteiger partial charge in [-0.15, -0.1) is 0 Å². The molecule has 1 rings (SSSR count). The molecule has 1 N–H and O–H groups in total. The second kappa shape index (κ2) is 6.47. The molecule has 0 amide bonds. The zero-order chi connectivity index (χ0) is 15.5. The number of esters is 1. The summed E-state index contributed by atoms with van der Waals surface area (Å²) >= 11 is 1.87. The number of ether oxygens (including phenoxy) is 1. The monoisotopic (exact) mass is 398 g/mol. The summed E-state index contributed by atoms with van der Waals surface area (Å²) in [5.41, 5.74) is 0.125. The van der Waals surface area contributed by atoms with Gasteiger partial charge in [0.2, 0.25) is 0 Å². The standard InChI is InChI=1S/C13H13F2IO4/c1-7(2)10(13(14,15)12(18)19)20-11(17)8-5-3-4-6-9(8)16/h3-7,10H,1-2H3,(H,18,19). The SMILES string of the molecule is CC(C)C(OC(=O)c1ccccc1I)C(F)(F)C(=O)O. The highest BCUT2D eigenvalue weighted by Gasteiger charge is 2.51. The van der Waals surface area contributed by atoms with E-state index in [1.54, 1.807) is 18.2 Å². The molecule has 0 fully saturated rings. The fourth-order valence-electron chi connectivity index (χ4n) is 1.56. The zero-order valence-corrected chi connectivity index (χ0v) is 12.9. The Morgan fingerprint density at radius 3 is 2.30 bits per heavy atom. The Morgan fingerprint density at radius 2 is 1.85 bits per heavy atom. The van der Waals surface area contributed by atoms with Gasteiger partial charge >= 0.3 is 17.9 Å². The number of carboxylic acids is 1. The molecule has 1 atom stereocenters. The van der Waals surface area contributed by atoms with E-state index in [4.69, 9.17) is 9.84 Å². The van der Waals surface area contributed by atoms with Gasteiger partial charge in [0.15, 0.2) is 6.10 Å². The molecular formula is C13H13F2IO4. The van der Waals surface area contributed by atoms with E-state index in [1.807, 2.05) is 22.6 Å². The van der Waals surface area contributed by atoms with Crippen LogP contribution < -0.4 is 0 Å². The van der Waals surface area contributed by atoms with Crippen LogP contribution in [0.5, 0.6) is 0 Å². The first-order valence-electron chi connectivity index (χ1n) is 5.74. The predicted octanol–water partition coefficient (Wildman–Crippen LogP) is 3.19. The Morgan fingerprint density at radius 1 is 1.30 bits per heavy atom. The average Bonchev–Trinajstić information content (AvgIpc) is 2.35. The smallest absolute Gasteiger partial charge is 0.378 e. The van der Waals surface area contributed by atoms with Crippen molar-refractivity contribution in [2.24, 2.45) is 5.92 Å². The summed E-state index contributed by atoms with van der Waals surface area (Å²) in [6, 6.07) is 6.31. The maximum Gasteiger partial charge on any atom is 0.378 e. The quantitative estimate of drug-likeness (QED) is 0.612. The summed E-state index contributed by atoms with van der Waals surface area (Å²) in [7, 11) is 0. The fourth-order valence-corrected chi connectivity index (χ4v) is 2.16. The Kier molecular flexibility index (Phi) is 5.43. The van der Waals surface area contributed by atoms with Crippen LogP contribution in [0.3, 0.4) is 0 Å². The molecule has 0 saturated heterocycles. The minimum atomic E-state index is -4.13. The topological polar surface area (TPSA) is 63.6 Å². The number of rotatable bonds is 5. The second-order valence-corrected chi connectivity index (χ2v) is 5.64. The molecular weight excluding hydrogens is 385 g/mol. The lowest BCUT2D eigenvalue weighted by atomic mass is 10.0. The van der Waals surface area contributed by atoms with Crippen molar-refractivity contribution < 1.29 is 28.2 Å². The minimum Gasteiger partial charge on any atom is -0.477 e. The average molecular weight is 398 g/mol. The summed E-state index contributed by atoms with van der Waals surface area (Å²) < 4.78 is 32.4. The molecule has 7 heteroatoms. The number of hydrogen-bond donors (Lipinski definition) is 1. The van der Waals surface area contributed by atoms with E-state index < -0.39 is 29.9 Å². The van der Waals surface area contributed by atoms with E-state index in [0.29, 0.717) is 3.57 Å². The molecule has 0 radical (unpaired) electrons. The maximum absolute atomic E-state index is 13.6. The van der Waals surface area contributed by atoms with Gasteiger partial charge in [0.05, 0.1) is 5.56 Å². The van der Waals surface area contributed by atoms with Crippen molar-refractivity contribution in [2.45, 2.75) is 25.9 Å². The summed E-state index contributed by atoms with van der Waals surface area (Å²) in [6.45, 7) is 2.73. The second-order valence-electron chi connectivity index (χ2n) is 4.48. The van der Waals surface area contributed by atoms with Gasteiger partial charge in [-0.25, -0.2) is 9.59 Å². The van der Waals surface area contributed by atoms with Crippen molar-refractivity contribution in [1.82, 2.24) is 0 Å². The van der Waals surface area contributed by atoms with Crippen molar-refractivity contribution in [3.05, 3.63) is 33.4 Å². The van der Waals surface area contributed by atoms with Crippen LogP contribution in [0.1, 0.15) is 24.2 Å². The molecule has 0 bridgehead atoms. The lowest BCUT2D eigenvalue weighted by molar-refractivity contribution is -0.187. The number of hydrogen-bond acceptors (Lipinski definition) is 3. The van der Waals surface area contributed by atoms with E-state index in [2.05, 4.69) is 0 Å². The van der Waals surface area contributed by atoms with Crippen molar-refractivity contribution in [3.8, 4) is 0 Å². The molecule has 20 heavy (non-hydrogen) atoms. The van der Waals surface area contributed by atoms with Crippen LogP contribution in [0.4, 0.5) is 8.78 Å². The van der Waals surface area contributed by atoms with E-state index in [-0.39, 0.29) is 5.56 Å². The highest BCUT2D eigenvalue weighted by atomic mass is 127. The lowest BCUT2D eigenvalue weighted by Crippen LogP contribution is -2.47. The van der Waals surface area contributed by atoms with Crippen LogP contribution in [0.2, 0.25) is 0 Å². The molecule has 0 heterocycles. The molecule has 1 unspecified atom stereocenters. The maximum atomic E-state index is 13.6. The third kappa shape index (κ3) is 3.65. The van der Waals surface area contributed by atoms with Gasteiger partial charge in [0, 0.05) is 3.57 Å². The number of carboxylic acid groups (broad SMARTS) is 1. The Labute approximate surface area is 128 Å². The van der Waals surface area contributed by atoms with Crippen molar-refractivity contribution in [2.75, 3.05) is 0 Å². The van der Waals surface area contributed by atoms with Gasteiger partial charge in [-0.2, -0.15) is 8.78 Å². The van der Waals surface area contributed by atoms with Crippen LogP contribution in [0, 0.1) is 9.49 Å². The highest BCUT2D eigenvalue weighted by molar-refractivity contribution is 14.1. The number of aliphatic carboxylic acids is 1. The van der Waals surface area contributed by atoms with Gasteiger partial charge < -0.3 is 9.84 Å². The van der Waals surface area contributed by atoms with Crippen LogP contribution in [-0.4, -0.2) is 29.1 Å². The highest BCUT2D eigenvalue weighted by Crippen LogP contribution is 2.28. The first-order chi connectivity index (χ1) is 9.17. The van der Waals surface area contributed by atoms with Crippen LogP contribution in [0.15, 0.2) is 24.3 Å². The van der Waals surface area contributed by atoms with Crippen LogP contribution >= 0.6 is 22.6 Å². The molecule has 110 valence electrons. The summed E-state index contributed by atoms with van der Waals surface area (Å²) in [5.74, 6) is -8.25. The number of alkyl halides is 2. The Bertz CT molecular complexity index is 517. The Hall–Kier alpha value is -1.25. The van der Waals surface area contributed by atoms with Gasteiger partial charge in [-0.05, 0) is 40.6 Å². The first kappa shape index (κ1) is 16.8. The van der Waals surface area contributed by atoms with Crippen molar-refractivity contribution >= 4 is 34.5 Å². The minimum absolute atomic E-state index is 0.125. The van der Waals surface area contributed by atoms with E-state index in [9.17, 15) is 18.4 Å². The molecule has 0 aliphatic carbocycles. The normalized spacial score (nSPS) is 13.1. The molecule has 0 saturated carbocycles. The number of benzene rings is 1. The molecule has 1 aromatic rings. The molecule has 4 nitrogen and oxygen atoms in total. The third-order valence-corrected chi connectivity index (χ3v) is 3.52. The number of halogens is 3. The zero-order valence-electron chi connectivity index (χ0n) is 10.8. The van der Waals surface area contributed by atoms with Crippen molar-refractivity contribution in [1.29, 1.82) is 0 Å². The molecule has 0 aliphatic rings. The van der Waals surface area contributed by atoms with E-state index >= 15 is 0 Å². The van der Waals surface area contributed by atoms with Crippen LogP contribution in [0.25, 0.3) is 0 Å².